The van der Waals surface area contributed by atoms with Crippen molar-refractivity contribution in [3.8, 4) is 11.8 Å². The van der Waals surface area contributed by atoms with Crippen LogP contribution in [0.5, 0.6) is 0 Å². The molecule has 0 radical (unpaired) electrons. The molecule has 0 aromatic carbocycles. The highest BCUT2D eigenvalue weighted by Crippen LogP contribution is 2.34. The van der Waals surface area contributed by atoms with Gasteiger partial charge in [-0.3, -0.25) is 4.90 Å². The Morgan fingerprint density at radius 2 is 1.82 bits per heavy atom. The molecule has 1 aliphatic carbocycles. The first kappa shape index (κ1) is 19.6. The number of hydrogen-bond donors (Lipinski definition) is 0. The number of hydrogen-bond acceptors (Lipinski definition) is 5. The van der Waals surface area contributed by atoms with Gasteiger partial charge in [0.2, 0.25) is 10.0 Å². The maximum Gasteiger partial charge on any atom is 0.243 e. The number of nitrogens with zero attached hydrogens (tertiary/aromatic N) is 3. The molecule has 0 unspecified atom stereocenters. The monoisotopic (exact) mass is 415 g/mol. The molecule has 0 bridgehead atoms. The van der Waals surface area contributed by atoms with Gasteiger partial charge in [-0.1, -0.05) is 31.2 Å². The number of rotatable bonds is 3. The lowest BCUT2D eigenvalue weighted by atomic mass is 9.80. The molecule has 4 rings (SSSR count). The topological polar surface area (TPSA) is 53.5 Å². The van der Waals surface area contributed by atoms with Gasteiger partial charge in [0.05, 0.1) is 10.4 Å². The van der Waals surface area contributed by atoms with E-state index in [0.29, 0.717) is 18.0 Å². The van der Waals surface area contributed by atoms with E-state index in [-0.39, 0.29) is 5.54 Å². The van der Waals surface area contributed by atoms with Crippen LogP contribution in [0.3, 0.4) is 0 Å². The fraction of sp³-hybridized carbons (Fsp3) is 0.476. The summed E-state index contributed by atoms with van der Waals surface area (Å²) in [5.41, 5.74) is 0.639. The van der Waals surface area contributed by atoms with Crippen LogP contribution in [0.1, 0.15) is 37.8 Å². The summed E-state index contributed by atoms with van der Waals surface area (Å²) in [6.07, 6.45) is 7.45. The van der Waals surface area contributed by atoms with E-state index < -0.39 is 10.0 Å². The Morgan fingerprint density at radius 1 is 1.04 bits per heavy atom. The van der Waals surface area contributed by atoms with Crippen molar-refractivity contribution in [3.05, 3.63) is 46.9 Å². The number of pyridine rings is 1. The number of piperazine rings is 1. The highest BCUT2D eigenvalue weighted by Gasteiger charge is 2.40. The summed E-state index contributed by atoms with van der Waals surface area (Å²) in [6.45, 7) is 2.48. The quantitative estimate of drug-likeness (QED) is 0.723. The maximum absolute atomic E-state index is 12.8. The molecule has 1 saturated heterocycles. The maximum atomic E-state index is 12.8. The van der Waals surface area contributed by atoms with E-state index in [1.807, 2.05) is 23.6 Å². The first-order valence-electron chi connectivity index (χ1n) is 9.82. The second-order valence-corrected chi connectivity index (χ2v) is 10.1. The molecule has 2 fully saturated rings. The van der Waals surface area contributed by atoms with Gasteiger partial charge in [-0.15, -0.1) is 0 Å². The Hall–Kier alpha value is -1.72. The zero-order chi connectivity index (χ0) is 19.5. The van der Waals surface area contributed by atoms with Gasteiger partial charge in [0.15, 0.2) is 0 Å². The predicted molar refractivity (Wildman–Crippen MR) is 112 cm³/mol. The summed E-state index contributed by atoms with van der Waals surface area (Å²) < 4.78 is 27.2. The van der Waals surface area contributed by atoms with Crippen LogP contribution in [0.25, 0.3) is 0 Å². The van der Waals surface area contributed by atoms with Gasteiger partial charge in [-0.2, -0.15) is 15.6 Å². The minimum Gasteiger partial charge on any atom is -0.285 e. The normalized spacial score (nSPS) is 21.0. The highest BCUT2D eigenvalue weighted by atomic mass is 32.2. The van der Waals surface area contributed by atoms with Crippen LogP contribution in [0.15, 0.2) is 46.1 Å². The Kier molecular flexibility index (Phi) is 5.83. The first-order chi connectivity index (χ1) is 13.6. The molecule has 2 aromatic heterocycles. The van der Waals surface area contributed by atoms with Gasteiger partial charge in [-0.05, 0) is 42.3 Å². The van der Waals surface area contributed by atoms with Gasteiger partial charge in [0, 0.05) is 37.8 Å². The second-order valence-electron chi connectivity index (χ2n) is 7.41. The Bertz CT molecular complexity index is 933. The van der Waals surface area contributed by atoms with E-state index in [1.165, 1.54) is 30.6 Å². The molecule has 1 saturated carbocycles. The molecule has 28 heavy (non-hydrogen) atoms. The van der Waals surface area contributed by atoms with Crippen molar-refractivity contribution >= 4 is 21.4 Å². The fourth-order valence-electron chi connectivity index (χ4n) is 4.18. The molecular formula is C21H25N3O2S2. The molecule has 2 aliphatic rings. The van der Waals surface area contributed by atoms with Crippen LogP contribution < -0.4 is 0 Å². The predicted octanol–water partition coefficient (Wildman–Crippen LogP) is 3.20. The molecule has 3 heterocycles. The molecule has 0 amide bonds. The van der Waals surface area contributed by atoms with Crippen LogP contribution in [-0.2, 0) is 10.0 Å². The zero-order valence-corrected chi connectivity index (χ0v) is 17.5. The van der Waals surface area contributed by atoms with Crippen LogP contribution in [0, 0.1) is 11.8 Å². The summed E-state index contributed by atoms with van der Waals surface area (Å²) >= 11 is 1.42. The van der Waals surface area contributed by atoms with Gasteiger partial charge >= 0.3 is 0 Å². The summed E-state index contributed by atoms with van der Waals surface area (Å²) in [7, 11) is -3.38. The van der Waals surface area contributed by atoms with Crippen LogP contribution >= 0.6 is 11.3 Å². The van der Waals surface area contributed by atoms with Crippen LogP contribution in [-0.4, -0.2) is 54.3 Å². The molecule has 2 aromatic rings. The van der Waals surface area contributed by atoms with Crippen molar-refractivity contribution in [1.29, 1.82) is 0 Å². The van der Waals surface area contributed by atoms with Gasteiger partial charge in [0.1, 0.15) is 5.69 Å². The SMILES string of the molecule is O=S(=O)(c1ccsc1)N1CCN(C2(C#Cc3ccccn3)CCCCC2)CC1. The molecule has 0 spiro atoms. The van der Waals surface area contributed by atoms with Crippen molar-refractivity contribution < 1.29 is 8.42 Å². The lowest BCUT2D eigenvalue weighted by Crippen LogP contribution is -2.58. The fourth-order valence-corrected chi connectivity index (χ4v) is 6.62. The Labute approximate surface area is 171 Å². The van der Waals surface area contributed by atoms with Crippen molar-refractivity contribution in [2.24, 2.45) is 0 Å². The number of aromatic nitrogens is 1. The molecule has 148 valence electrons. The largest absolute Gasteiger partial charge is 0.285 e. The lowest BCUT2D eigenvalue weighted by molar-refractivity contribution is 0.0658. The van der Waals surface area contributed by atoms with E-state index in [1.54, 1.807) is 21.9 Å². The third-order valence-corrected chi connectivity index (χ3v) is 8.47. The average molecular weight is 416 g/mol. The van der Waals surface area contributed by atoms with Crippen LogP contribution in [0.2, 0.25) is 0 Å². The highest BCUT2D eigenvalue weighted by molar-refractivity contribution is 7.89. The third kappa shape index (κ3) is 4.01. The minimum atomic E-state index is -3.38. The van der Waals surface area contributed by atoms with Crippen molar-refractivity contribution in [3.63, 3.8) is 0 Å². The number of thiophene rings is 1. The summed E-state index contributed by atoms with van der Waals surface area (Å²) in [5.74, 6) is 6.83. The van der Waals surface area contributed by atoms with Crippen molar-refractivity contribution in [2.75, 3.05) is 26.2 Å². The molecule has 7 heteroatoms. The standard InChI is InChI=1S/C21H25N3O2S2/c25-28(26,20-8-17-27-18-20)24-15-13-23(14-16-24)21(9-3-1-4-10-21)11-7-19-6-2-5-12-22-19/h2,5-6,8,12,17-18H,1,3-4,9-10,13-16H2. The van der Waals surface area contributed by atoms with E-state index in [9.17, 15) is 8.42 Å². The van der Waals surface area contributed by atoms with E-state index in [4.69, 9.17) is 0 Å². The molecular weight excluding hydrogens is 390 g/mol. The molecule has 0 N–H and O–H groups in total. The van der Waals surface area contributed by atoms with Gasteiger partial charge in [-0.25, -0.2) is 13.4 Å². The molecule has 1 aliphatic heterocycles. The zero-order valence-electron chi connectivity index (χ0n) is 15.9. The first-order valence-corrected chi connectivity index (χ1v) is 12.2. The van der Waals surface area contributed by atoms with Crippen molar-refractivity contribution in [1.82, 2.24) is 14.2 Å². The van der Waals surface area contributed by atoms with Gasteiger partial charge in [0.25, 0.3) is 0 Å². The summed E-state index contributed by atoms with van der Waals surface area (Å²) in [4.78, 5) is 7.16. The van der Waals surface area contributed by atoms with E-state index in [0.717, 1.165) is 31.6 Å². The smallest absolute Gasteiger partial charge is 0.243 e. The van der Waals surface area contributed by atoms with Crippen molar-refractivity contribution in [2.45, 2.75) is 42.5 Å². The summed E-state index contributed by atoms with van der Waals surface area (Å²) in [6, 6.07) is 7.48. The average Bonchev–Trinajstić information content (AvgIpc) is 3.30. The second kappa shape index (κ2) is 8.34. The third-order valence-electron chi connectivity index (χ3n) is 5.75. The van der Waals surface area contributed by atoms with E-state index >= 15 is 0 Å². The minimum absolute atomic E-state index is 0.159. The Morgan fingerprint density at radius 3 is 2.46 bits per heavy atom. The summed E-state index contributed by atoms with van der Waals surface area (Å²) in [5, 5.41) is 3.52. The van der Waals surface area contributed by atoms with Crippen LogP contribution in [0.4, 0.5) is 0 Å². The van der Waals surface area contributed by atoms with E-state index in [2.05, 4.69) is 21.7 Å². The van der Waals surface area contributed by atoms with Gasteiger partial charge < -0.3 is 0 Å². The lowest BCUT2D eigenvalue weighted by Gasteiger charge is -2.46. The molecule has 5 nitrogen and oxygen atoms in total. The molecule has 0 atom stereocenters. The Balaban J connectivity index is 1.51. The number of sulfonamides is 1.